The molecule has 5 heteroatoms. The summed E-state index contributed by atoms with van der Waals surface area (Å²) in [5.74, 6) is 8.73. The quantitative estimate of drug-likeness (QED) is 0.233. The highest BCUT2D eigenvalue weighted by Gasteiger charge is 2.34. The molecule has 0 spiro atoms. The molecule has 2 bridgehead atoms. The lowest BCUT2D eigenvalue weighted by molar-refractivity contribution is 0.569. The number of aryl methyl sites for hydroxylation is 2. The first-order valence-corrected chi connectivity index (χ1v) is 11.0. The lowest BCUT2D eigenvalue weighted by Gasteiger charge is -2.16. The van der Waals surface area contributed by atoms with Gasteiger partial charge in [-0.15, -0.1) is 5.92 Å². The van der Waals surface area contributed by atoms with Gasteiger partial charge in [-0.2, -0.15) is 0 Å². The van der Waals surface area contributed by atoms with Crippen molar-refractivity contribution in [2.24, 2.45) is 22.7 Å². The lowest BCUT2D eigenvalue weighted by Crippen LogP contribution is -2.18. The van der Waals surface area contributed by atoms with E-state index in [1.807, 2.05) is 32.9 Å². The Morgan fingerprint density at radius 3 is 2.60 bits per heavy atom. The number of nitrogens with zero attached hydrogens (tertiary/aromatic N) is 2. The van der Waals surface area contributed by atoms with Crippen LogP contribution in [0.2, 0.25) is 0 Å². The van der Waals surface area contributed by atoms with Crippen LogP contribution in [0, 0.1) is 43.4 Å². The molecule has 2 heterocycles. The average molecular weight is 406 g/mol. The number of allylic oxidation sites excluding steroid dienone is 5. The third-order valence-corrected chi connectivity index (χ3v) is 6.57. The molecular formula is C25H29BF2N2. The van der Waals surface area contributed by atoms with Crippen LogP contribution in [0.3, 0.4) is 0 Å². The van der Waals surface area contributed by atoms with E-state index >= 15 is 0 Å². The second-order valence-electron chi connectivity index (χ2n) is 8.93. The van der Waals surface area contributed by atoms with Crippen molar-refractivity contribution in [1.29, 1.82) is 0 Å². The van der Waals surface area contributed by atoms with Crippen LogP contribution in [0.25, 0.3) is 5.57 Å². The Balaban J connectivity index is 1.56. The summed E-state index contributed by atoms with van der Waals surface area (Å²) in [4.78, 5) is 4.69. The van der Waals surface area contributed by atoms with Crippen molar-refractivity contribution in [3.05, 3.63) is 52.5 Å². The fourth-order valence-electron chi connectivity index (χ4n) is 5.29. The standard InChI is InChI=1S/C25H29BF2N2/c1-16-12-18(3)29-24(16)23(25-17(2)13-19(4)30(25)26(27)28)9-7-5-6-8-21-14-20-10-11-22(21)15-20/h10-13,20-22H,5,7,9,14-15H2,1-4H3/b24-23-. The molecule has 1 aliphatic heterocycles. The minimum atomic E-state index is -2.56. The number of aromatic nitrogens is 1. The Morgan fingerprint density at radius 1 is 1.20 bits per heavy atom. The van der Waals surface area contributed by atoms with E-state index in [0.717, 1.165) is 51.4 Å². The Morgan fingerprint density at radius 2 is 2.00 bits per heavy atom. The summed E-state index contributed by atoms with van der Waals surface area (Å²) in [5.41, 5.74) is 5.81. The van der Waals surface area contributed by atoms with Crippen molar-refractivity contribution >= 4 is 18.7 Å². The van der Waals surface area contributed by atoms with Gasteiger partial charge < -0.3 is 4.48 Å². The monoisotopic (exact) mass is 406 g/mol. The summed E-state index contributed by atoms with van der Waals surface area (Å²) in [6.45, 7) is 7.62. The van der Waals surface area contributed by atoms with Gasteiger partial charge in [0.15, 0.2) is 0 Å². The van der Waals surface area contributed by atoms with E-state index in [1.54, 1.807) is 6.92 Å². The van der Waals surface area contributed by atoms with Crippen LogP contribution in [-0.2, 0) is 0 Å². The van der Waals surface area contributed by atoms with E-state index in [9.17, 15) is 8.63 Å². The topological polar surface area (TPSA) is 17.3 Å². The number of aliphatic imine (C=N–C) groups is 1. The first-order valence-electron chi connectivity index (χ1n) is 11.0. The summed E-state index contributed by atoms with van der Waals surface area (Å²) in [6.07, 6.45) is 11.5. The average Bonchev–Trinajstić information content (AvgIpc) is 3.43. The Labute approximate surface area is 179 Å². The first kappa shape index (κ1) is 20.9. The third-order valence-electron chi connectivity index (χ3n) is 6.57. The Kier molecular flexibility index (Phi) is 5.87. The van der Waals surface area contributed by atoms with Gasteiger partial charge in [-0.25, -0.2) is 0 Å². The Hall–Kier alpha value is -2.35. The van der Waals surface area contributed by atoms with Gasteiger partial charge in [-0.1, -0.05) is 18.1 Å². The molecule has 1 aromatic rings. The smallest absolute Gasteiger partial charge is 0.329 e. The van der Waals surface area contributed by atoms with Crippen LogP contribution in [0.15, 0.2) is 40.6 Å². The predicted molar refractivity (Wildman–Crippen MR) is 122 cm³/mol. The molecule has 1 fully saturated rings. The van der Waals surface area contributed by atoms with Crippen molar-refractivity contribution in [2.45, 2.75) is 59.8 Å². The number of hydrogen-bond acceptors (Lipinski definition) is 1. The van der Waals surface area contributed by atoms with E-state index in [1.165, 1.54) is 12.8 Å². The predicted octanol–water partition coefficient (Wildman–Crippen LogP) is 6.39. The summed E-state index contributed by atoms with van der Waals surface area (Å²) < 4.78 is 28.9. The van der Waals surface area contributed by atoms with Crippen LogP contribution >= 0.6 is 0 Å². The molecule has 2 nitrogen and oxygen atoms in total. The largest absolute Gasteiger partial charge is 0.677 e. The van der Waals surface area contributed by atoms with Gasteiger partial charge in [0.05, 0.1) is 5.70 Å². The van der Waals surface area contributed by atoms with E-state index in [2.05, 4.69) is 29.0 Å². The Bertz CT molecular complexity index is 1030. The van der Waals surface area contributed by atoms with Gasteiger partial charge in [0.1, 0.15) is 0 Å². The minimum absolute atomic E-state index is 0.506. The molecule has 0 saturated heterocycles. The molecule has 1 aromatic heterocycles. The molecule has 0 amide bonds. The second kappa shape index (κ2) is 8.42. The lowest BCUT2D eigenvalue weighted by atomic mass is 9.93. The maximum atomic E-state index is 13.9. The van der Waals surface area contributed by atoms with Gasteiger partial charge in [-0.3, -0.25) is 13.6 Å². The molecule has 1 saturated carbocycles. The molecule has 0 N–H and O–H groups in total. The number of fused-ring (bicyclic) bond motifs is 2. The molecule has 0 radical (unpaired) electrons. The SMILES string of the molecule is CC1=CC(C)=N/C1=C(/CCCC#CC1CC2C=CC1C2)c1c(C)cc(C)n1B(F)F. The molecule has 3 atom stereocenters. The minimum Gasteiger partial charge on any atom is -0.329 e. The summed E-state index contributed by atoms with van der Waals surface area (Å²) in [5, 5.41) is 0. The van der Waals surface area contributed by atoms with Gasteiger partial charge in [-0.05, 0) is 88.5 Å². The second-order valence-corrected chi connectivity index (χ2v) is 8.93. The maximum absolute atomic E-state index is 13.9. The fourth-order valence-corrected chi connectivity index (χ4v) is 5.29. The van der Waals surface area contributed by atoms with Crippen LogP contribution in [0.4, 0.5) is 8.63 Å². The number of unbranched alkanes of at least 4 members (excludes halogenated alkanes) is 1. The molecule has 156 valence electrons. The van der Waals surface area contributed by atoms with Crippen LogP contribution in [0.5, 0.6) is 0 Å². The van der Waals surface area contributed by atoms with Gasteiger partial charge >= 0.3 is 7.40 Å². The van der Waals surface area contributed by atoms with Crippen molar-refractivity contribution in [3.63, 3.8) is 0 Å². The molecule has 3 aliphatic rings. The zero-order chi connectivity index (χ0) is 21.4. The number of halogens is 2. The normalized spacial score (nSPS) is 25.9. The molecule has 4 rings (SSSR count). The highest BCUT2D eigenvalue weighted by Crippen LogP contribution is 2.43. The molecule has 2 aliphatic carbocycles. The van der Waals surface area contributed by atoms with E-state index in [0.29, 0.717) is 29.6 Å². The van der Waals surface area contributed by atoms with Gasteiger partial charge in [0.2, 0.25) is 0 Å². The van der Waals surface area contributed by atoms with Crippen LogP contribution in [0.1, 0.15) is 62.9 Å². The first-order chi connectivity index (χ1) is 14.3. The van der Waals surface area contributed by atoms with Crippen LogP contribution < -0.4 is 0 Å². The summed E-state index contributed by atoms with van der Waals surface area (Å²) >= 11 is 0. The fraction of sp³-hybridized carbons (Fsp3) is 0.480. The zero-order valence-corrected chi connectivity index (χ0v) is 18.3. The maximum Gasteiger partial charge on any atom is 0.677 e. The van der Waals surface area contributed by atoms with Gasteiger partial charge in [0, 0.05) is 35.0 Å². The van der Waals surface area contributed by atoms with E-state index in [-0.39, 0.29) is 0 Å². The van der Waals surface area contributed by atoms with Crippen molar-refractivity contribution in [2.75, 3.05) is 0 Å². The number of hydrogen-bond donors (Lipinski definition) is 0. The van der Waals surface area contributed by atoms with E-state index in [4.69, 9.17) is 0 Å². The van der Waals surface area contributed by atoms with E-state index < -0.39 is 7.40 Å². The van der Waals surface area contributed by atoms with Crippen LogP contribution in [-0.4, -0.2) is 17.6 Å². The third kappa shape index (κ3) is 3.97. The zero-order valence-electron chi connectivity index (χ0n) is 18.3. The van der Waals surface area contributed by atoms with Crippen molar-refractivity contribution in [1.82, 2.24) is 4.48 Å². The highest BCUT2D eigenvalue weighted by molar-refractivity contribution is 6.41. The highest BCUT2D eigenvalue weighted by atomic mass is 19.2. The summed E-state index contributed by atoms with van der Waals surface area (Å²) in [7, 11) is -2.56. The van der Waals surface area contributed by atoms with Crippen molar-refractivity contribution < 1.29 is 8.63 Å². The molecular weight excluding hydrogens is 377 g/mol. The molecule has 30 heavy (non-hydrogen) atoms. The summed E-state index contributed by atoms with van der Waals surface area (Å²) in [6, 6.07) is 1.84. The van der Waals surface area contributed by atoms with Crippen molar-refractivity contribution in [3.8, 4) is 11.8 Å². The molecule has 0 aromatic carbocycles. The van der Waals surface area contributed by atoms with Gasteiger partial charge in [0.25, 0.3) is 0 Å². The number of rotatable bonds is 5. The molecule has 3 unspecified atom stereocenters.